The van der Waals surface area contributed by atoms with Gasteiger partial charge in [0.25, 0.3) is 0 Å². The zero-order valence-corrected chi connectivity index (χ0v) is 7.90. The second-order valence-electron chi connectivity index (χ2n) is 3.19. The largest absolute Gasteiger partial charge is 0.426 e. The molecule has 0 aliphatic carbocycles. The van der Waals surface area contributed by atoms with Crippen molar-refractivity contribution >= 4 is 17.0 Å². The van der Waals surface area contributed by atoms with E-state index in [9.17, 15) is 9.59 Å². The molecule has 4 nitrogen and oxygen atoms in total. The number of hydrogen-bond acceptors (Lipinski definition) is 3. The lowest BCUT2D eigenvalue weighted by Crippen LogP contribution is -2.19. The van der Waals surface area contributed by atoms with Crippen LogP contribution in [-0.2, 0) is 0 Å². The monoisotopic (exact) mass is 191 g/mol. The van der Waals surface area contributed by atoms with Gasteiger partial charge < -0.3 is 4.42 Å². The van der Waals surface area contributed by atoms with Crippen molar-refractivity contribution in [2.45, 2.75) is 13.8 Å². The predicted molar refractivity (Wildman–Crippen MR) is 51.5 cm³/mol. The van der Waals surface area contributed by atoms with Crippen molar-refractivity contribution in [3.8, 4) is 0 Å². The van der Waals surface area contributed by atoms with Crippen molar-refractivity contribution in [2.75, 3.05) is 0 Å². The lowest BCUT2D eigenvalue weighted by Gasteiger charge is -1.94. The Morgan fingerprint density at radius 2 is 2.14 bits per heavy atom. The Morgan fingerprint density at radius 3 is 2.79 bits per heavy atom. The highest BCUT2D eigenvalue weighted by Crippen LogP contribution is 2.14. The molecular weight excluding hydrogens is 182 g/mol. The summed E-state index contributed by atoms with van der Waals surface area (Å²) in [4.78, 5) is 22.4. The molecule has 0 atom stereocenters. The highest BCUT2D eigenvalue weighted by molar-refractivity contribution is 5.87. The van der Waals surface area contributed by atoms with Crippen LogP contribution in [0.1, 0.15) is 17.3 Å². The van der Waals surface area contributed by atoms with Gasteiger partial charge in [0.1, 0.15) is 0 Å². The van der Waals surface area contributed by atoms with E-state index in [1.165, 1.54) is 6.92 Å². The smallest absolute Gasteiger partial charge is 0.407 e. The maximum atomic E-state index is 11.3. The standard InChI is InChI=1S/C10H9NO3/c1-6-3-4-8-9(5-6)14-10(13)11(8)7(2)12/h3-5H,1-2H3. The van der Waals surface area contributed by atoms with Crippen LogP contribution >= 0.6 is 0 Å². The summed E-state index contributed by atoms with van der Waals surface area (Å²) in [5, 5.41) is 0. The maximum Gasteiger partial charge on any atom is 0.426 e. The van der Waals surface area contributed by atoms with E-state index in [1.807, 2.05) is 13.0 Å². The molecule has 0 saturated heterocycles. The molecule has 0 N–H and O–H groups in total. The highest BCUT2D eigenvalue weighted by atomic mass is 16.4. The second kappa shape index (κ2) is 2.83. The fourth-order valence-electron chi connectivity index (χ4n) is 1.42. The Kier molecular flexibility index (Phi) is 1.77. The van der Waals surface area contributed by atoms with Gasteiger partial charge in [-0.1, -0.05) is 6.07 Å². The van der Waals surface area contributed by atoms with E-state index in [4.69, 9.17) is 4.42 Å². The van der Waals surface area contributed by atoms with E-state index in [-0.39, 0.29) is 5.91 Å². The Hall–Kier alpha value is -1.84. The highest BCUT2D eigenvalue weighted by Gasteiger charge is 2.11. The number of carbonyl (C=O) groups is 1. The first kappa shape index (κ1) is 8.74. The Bertz CT molecular complexity index is 562. The van der Waals surface area contributed by atoms with Gasteiger partial charge in [0.15, 0.2) is 5.58 Å². The number of hydrogen-bond donors (Lipinski definition) is 0. The second-order valence-corrected chi connectivity index (χ2v) is 3.19. The van der Waals surface area contributed by atoms with Crippen LogP contribution in [0.5, 0.6) is 0 Å². The number of rotatable bonds is 0. The quantitative estimate of drug-likeness (QED) is 0.635. The van der Waals surface area contributed by atoms with Crippen LogP contribution in [0.25, 0.3) is 11.1 Å². The number of carbonyl (C=O) groups excluding carboxylic acids is 1. The molecule has 2 rings (SSSR count). The third-order valence-electron chi connectivity index (χ3n) is 2.05. The van der Waals surface area contributed by atoms with E-state index < -0.39 is 5.76 Å². The van der Waals surface area contributed by atoms with Gasteiger partial charge in [0.2, 0.25) is 5.91 Å². The van der Waals surface area contributed by atoms with Crippen LogP contribution in [0.3, 0.4) is 0 Å². The van der Waals surface area contributed by atoms with Gasteiger partial charge in [0.05, 0.1) is 5.52 Å². The summed E-state index contributed by atoms with van der Waals surface area (Å²) in [6.45, 7) is 3.22. The number of benzene rings is 1. The van der Waals surface area contributed by atoms with Gasteiger partial charge in [0, 0.05) is 6.92 Å². The molecule has 0 amide bonds. The predicted octanol–water partition coefficient (Wildman–Crippen LogP) is 1.56. The van der Waals surface area contributed by atoms with Gasteiger partial charge in [-0.25, -0.2) is 9.36 Å². The molecule has 1 aromatic heterocycles. The molecule has 1 heterocycles. The summed E-state index contributed by atoms with van der Waals surface area (Å²) in [6.07, 6.45) is 0. The summed E-state index contributed by atoms with van der Waals surface area (Å²) in [7, 11) is 0. The SMILES string of the molecule is CC(=O)n1c(=O)oc2cc(C)ccc21. The minimum atomic E-state index is -0.627. The third kappa shape index (κ3) is 1.16. The zero-order chi connectivity index (χ0) is 10.3. The van der Waals surface area contributed by atoms with Crippen molar-refractivity contribution < 1.29 is 9.21 Å². The van der Waals surface area contributed by atoms with Crippen molar-refractivity contribution in [2.24, 2.45) is 0 Å². The number of nitrogens with zero attached hydrogens (tertiary/aromatic N) is 1. The van der Waals surface area contributed by atoms with E-state index in [2.05, 4.69) is 0 Å². The van der Waals surface area contributed by atoms with Crippen LogP contribution in [-0.4, -0.2) is 10.5 Å². The van der Waals surface area contributed by atoms with Crippen LogP contribution in [0.2, 0.25) is 0 Å². The average molecular weight is 191 g/mol. The van der Waals surface area contributed by atoms with E-state index in [0.29, 0.717) is 11.1 Å². The molecule has 0 aliphatic rings. The molecule has 0 radical (unpaired) electrons. The third-order valence-corrected chi connectivity index (χ3v) is 2.05. The molecule has 0 bridgehead atoms. The van der Waals surface area contributed by atoms with Gasteiger partial charge in [-0.2, -0.15) is 0 Å². The van der Waals surface area contributed by atoms with Gasteiger partial charge in [-0.15, -0.1) is 0 Å². The molecule has 14 heavy (non-hydrogen) atoms. The first-order chi connectivity index (χ1) is 6.59. The van der Waals surface area contributed by atoms with Crippen LogP contribution in [0.4, 0.5) is 0 Å². The van der Waals surface area contributed by atoms with Crippen LogP contribution < -0.4 is 5.76 Å². The van der Waals surface area contributed by atoms with Crippen molar-refractivity contribution in [1.29, 1.82) is 0 Å². The van der Waals surface area contributed by atoms with Crippen molar-refractivity contribution in [3.63, 3.8) is 0 Å². The lowest BCUT2D eigenvalue weighted by atomic mass is 10.2. The topological polar surface area (TPSA) is 52.2 Å². The molecule has 0 spiro atoms. The summed E-state index contributed by atoms with van der Waals surface area (Å²) in [5.41, 5.74) is 1.96. The summed E-state index contributed by atoms with van der Waals surface area (Å²) >= 11 is 0. The van der Waals surface area contributed by atoms with Gasteiger partial charge >= 0.3 is 5.76 Å². The summed E-state index contributed by atoms with van der Waals surface area (Å²) < 4.78 is 5.95. The molecule has 0 unspecified atom stereocenters. The number of aromatic nitrogens is 1. The number of oxazole rings is 1. The minimum absolute atomic E-state index is 0.336. The Morgan fingerprint density at radius 1 is 1.43 bits per heavy atom. The van der Waals surface area contributed by atoms with E-state index in [0.717, 1.165) is 10.1 Å². The Labute approximate surface area is 79.8 Å². The molecule has 72 valence electrons. The molecule has 0 fully saturated rings. The minimum Gasteiger partial charge on any atom is -0.407 e. The zero-order valence-electron chi connectivity index (χ0n) is 7.90. The molecular formula is C10H9NO3. The van der Waals surface area contributed by atoms with E-state index in [1.54, 1.807) is 12.1 Å². The fraction of sp³-hybridized carbons (Fsp3) is 0.200. The van der Waals surface area contributed by atoms with Crippen LogP contribution in [0.15, 0.2) is 27.4 Å². The van der Waals surface area contributed by atoms with E-state index >= 15 is 0 Å². The first-order valence-electron chi connectivity index (χ1n) is 4.23. The molecule has 2 aromatic rings. The molecule has 0 saturated carbocycles. The average Bonchev–Trinajstić information content (AvgIpc) is 2.39. The summed E-state index contributed by atoms with van der Waals surface area (Å²) in [5.74, 6) is -0.962. The van der Waals surface area contributed by atoms with Gasteiger partial charge in [-0.3, -0.25) is 4.79 Å². The molecule has 0 aliphatic heterocycles. The van der Waals surface area contributed by atoms with Crippen molar-refractivity contribution in [1.82, 2.24) is 4.57 Å². The molecule has 4 heteroatoms. The first-order valence-corrected chi connectivity index (χ1v) is 4.23. The molecule has 1 aromatic carbocycles. The van der Waals surface area contributed by atoms with Crippen molar-refractivity contribution in [3.05, 3.63) is 34.3 Å². The maximum absolute atomic E-state index is 11.3. The Balaban J connectivity index is 2.91. The lowest BCUT2D eigenvalue weighted by molar-refractivity contribution is 0.0933. The normalized spacial score (nSPS) is 10.7. The summed E-state index contributed by atoms with van der Waals surface area (Å²) in [6, 6.07) is 5.27. The number of aryl methyl sites for hydroxylation is 1. The number of fused-ring (bicyclic) bond motifs is 1. The fourth-order valence-corrected chi connectivity index (χ4v) is 1.42. The van der Waals surface area contributed by atoms with Gasteiger partial charge in [-0.05, 0) is 24.6 Å². The van der Waals surface area contributed by atoms with Crippen LogP contribution in [0, 0.1) is 6.92 Å².